The first-order chi connectivity index (χ1) is 13.9. The molecule has 0 aliphatic rings. The third kappa shape index (κ3) is 9.21. The molecule has 3 nitrogen and oxygen atoms in total. The van der Waals surface area contributed by atoms with Crippen LogP contribution in [0.2, 0.25) is 0 Å². The van der Waals surface area contributed by atoms with E-state index in [1.807, 2.05) is 47.6 Å². The van der Waals surface area contributed by atoms with Gasteiger partial charge in [-0.05, 0) is 24.2 Å². The van der Waals surface area contributed by atoms with Crippen molar-refractivity contribution in [3.05, 3.63) is 65.3 Å². The second-order valence-electron chi connectivity index (χ2n) is 9.20. The van der Waals surface area contributed by atoms with Gasteiger partial charge in [0.25, 0.3) is 0 Å². The average Bonchev–Trinajstić information content (AvgIpc) is 2.60. The van der Waals surface area contributed by atoms with Crippen molar-refractivity contribution in [2.24, 2.45) is 10.8 Å². The quantitative estimate of drug-likeness (QED) is 0.167. The summed E-state index contributed by atoms with van der Waals surface area (Å²) < 4.78 is 51.1. The van der Waals surface area contributed by atoms with Crippen LogP contribution in [0.5, 0.6) is 0 Å². The Morgan fingerprint density at radius 3 is 2.03 bits per heavy atom. The molecule has 0 saturated carbocycles. The smallest absolute Gasteiger partial charge is 0.399 e. The zero-order chi connectivity index (χ0) is 24.2. The van der Waals surface area contributed by atoms with Crippen molar-refractivity contribution in [2.45, 2.75) is 54.6 Å². The molecule has 1 N–H and O–H groups in total. The van der Waals surface area contributed by atoms with Crippen LogP contribution in [0.4, 0.5) is 17.6 Å². The minimum absolute atomic E-state index is 0. The van der Waals surface area contributed by atoms with Crippen molar-refractivity contribution in [3.63, 3.8) is 0 Å². The number of hydrogen-bond donors (Lipinski definition) is 1. The molecule has 0 spiro atoms. The Balaban J connectivity index is 0.000000617. The standard InChI is InChI=1S/C13H8F4N.C11H20O2.Ir/c1-8-4-5-18-12(6-8)10-7-9(13(15,16)17)2-3-11(10)14;1-10(2,3)8(12)7-9(13)11(4,5)6;/h2-6H,1H3;7,12H,1-6H3;/q-1;;. The maximum Gasteiger partial charge on any atom is 0.399 e. The van der Waals surface area contributed by atoms with Crippen LogP contribution in [0.15, 0.2) is 42.3 Å². The summed E-state index contributed by atoms with van der Waals surface area (Å²) in [6.07, 6.45) is -1.80. The van der Waals surface area contributed by atoms with Gasteiger partial charge in [0.1, 0.15) is 5.76 Å². The SMILES string of the molecule is CC(C)(C)C(=O)C=C(O)C(C)(C)C.Cc1ccnc(-c2[c-]c(C(F)(F)F)ccc2F)c1.[Ir]. The van der Waals surface area contributed by atoms with Gasteiger partial charge in [-0.25, -0.2) is 0 Å². The van der Waals surface area contributed by atoms with Gasteiger partial charge in [-0.1, -0.05) is 58.7 Å². The van der Waals surface area contributed by atoms with Crippen molar-refractivity contribution < 1.29 is 47.6 Å². The third-order valence-corrected chi connectivity index (χ3v) is 4.15. The van der Waals surface area contributed by atoms with E-state index >= 15 is 0 Å². The van der Waals surface area contributed by atoms with Crippen molar-refractivity contribution in [2.75, 3.05) is 0 Å². The second-order valence-corrected chi connectivity index (χ2v) is 9.20. The molecule has 2 aromatic rings. The fourth-order valence-electron chi connectivity index (χ4n) is 2.06. The van der Waals surface area contributed by atoms with Crippen LogP contribution in [0, 0.1) is 29.6 Å². The van der Waals surface area contributed by atoms with Crippen LogP contribution in [-0.2, 0) is 31.1 Å². The summed E-state index contributed by atoms with van der Waals surface area (Å²) >= 11 is 0. The van der Waals surface area contributed by atoms with E-state index in [1.165, 1.54) is 18.3 Å². The summed E-state index contributed by atoms with van der Waals surface area (Å²) in [6, 6.07) is 6.66. The van der Waals surface area contributed by atoms with E-state index in [2.05, 4.69) is 4.98 Å². The predicted octanol–water partition coefficient (Wildman–Crippen LogP) is 7.10. The van der Waals surface area contributed by atoms with Crippen LogP contribution >= 0.6 is 0 Å². The molecule has 8 heteroatoms. The molecule has 1 aromatic carbocycles. The number of carbonyl (C=O) groups excluding carboxylic acids is 1. The van der Waals surface area contributed by atoms with Gasteiger partial charge in [0.15, 0.2) is 5.78 Å². The number of ketones is 1. The summed E-state index contributed by atoms with van der Waals surface area (Å²) in [5.41, 5.74) is -1.13. The number of allylic oxidation sites excluding steroid dienone is 2. The third-order valence-electron chi connectivity index (χ3n) is 4.15. The Kier molecular flexibility index (Phi) is 10.5. The maximum atomic E-state index is 13.5. The fraction of sp³-hybridized carbons (Fsp3) is 0.417. The molecule has 1 radical (unpaired) electrons. The van der Waals surface area contributed by atoms with Crippen LogP contribution in [0.25, 0.3) is 11.3 Å². The number of carbonyl (C=O) groups is 1. The molecule has 32 heavy (non-hydrogen) atoms. The normalized spacial score (nSPS) is 12.4. The predicted molar refractivity (Wildman–Crippen MR) is 113 cm³/mol. The van der Waals surface area contributed by atoms with Gasteiger partial charge >= 0.3 is 6.18 Å². The molecular weight excluding hydrogens is 602 g/mol. The topological polar surface area (TPSA) is 50.2 Å². The average molecular weight is 631 g/mol. The summed E-state index contributed by atoms with van der Waals surface area (Å²) in [5.74, 6) is -0.673. The Labute approximate surface area is 200 Å². The molecule has 0 aliphatic heterocycles. The Hall–Kier alpha value is -2.05. The molecule has 0 aliphatic carbocycles. The largest absolute Gasteiger partial charge is 0.512 e. The number of pyridine rings is 1. The van der Waals surface area contributed by atoms with Gasteiger partial charge in [-0.2, -0.15) is 13.2 Å². The number of hydrogen-bond acceptors (Lipinski definition) is 3. The second kappa shape index (κ2) is 11.2. The molecule has 0 atom stereocenters. The van der Waals surface area contributed by atoms with Gasteiger partial charge in [0, 0.05) is 49.0 Å². The minimum Gasteiger partial charge on any atom is -0.512 e. The zero-order valence-electron chi connectivity index (χ0n) is 19.1. The molecule has 0 saturated heterocycles. The fourth-order valence-corrected chi connectivity index (χ4v) is 2.06. The van der Waals surface area contributed by atoms with E-state index in [1.54, 1.807) is 13.0 Å². The molecule has 0 amide bonds. The Morgan fingerprint density at radius 1 is 1.03 bits per heavy atom. The molecule has 179 valence electrons. The van der Waals surface area contributed by atoms with Crippen molar-refractivity contribution >= 4 is 5.78 Å². The molecule has 0 unspecified atom stereocenters. The summed E-state index contributed by atoms with van der Waals surface area (Å²) in [4.78, 5) is 15.3. The van der Waals surface area contributed by atoms with Crippen molar-refractivity contribution in [1.29, 1.82) is 0 Å². The first-order valence-corrected chi connectivity index (χ1v) is 9.60. The van der Waals surface area contributed by atoms with Crippen LogP contribution < -0.4 is 0 Å². The number of nitrogens with zero attached hydrogens (tertiary/aromatic N) is 1. The molecule has 2 rings (SSSR count). The number of alkyl halides is 3. The van der Waals surface area contributed by atoms with E-state index in [0.29, 0.717) is 6.07 Å². The molecular formula is C24H28F4IrNO2-. The number of benzene rings is 1. The summed E-state index contributed by atoms with van der Waals surface area (Å²) in [5, 5.41) is 9.56. The number of aromatic nitrogens is 1. The number of aliphatic hydroxyl groups excluding tert-OH is 1. The minimum atomic E-state index is -4.55. The van der Waals surface area contributed by atoms with Gasteiger partial charge in [-0.3, -0.25) is 9.18 Å². The molecule has 0 fully saturated rings. The van der Waals surface area contributed by atoms with Crippen LogP contribution in [0.1, 0.15) is 52.7 Å². The van der Waals surface area contributed by atoms with Gasteiger partial charge < -0.3 is 10.1 Å². The molecule has 1 heterocycles. The summed E-state index contributed by atoms with van der Waals surface area (Å²) in [7, 11) is 0. The van der Waals surface area contributed by atoms with Crippen molar-refractivity contribution in [1.82, 2.24) is 4.98 Å². The van der Waals surface area contributed by atoms with Gasteiger partial charge in [0.2, 0.25) is 0 Å². The van der Waals surface area contributed by atoms with E-state index in [9.17, 15) is 27.5 Å². The molecule has 1 aromatic heterocycles. The van der Waals surface area contributed by atoms with Crippen LogP contribution in [0.3, 0.4) is 0 Å². The number of aryl methyl sites for hydroxylation is 1. The van der Waals surface area contributed by atoms with E-state index in [0.717, 1.165) is 11.6 Å². The van der Waals surface area contributed by atoms with E-state index in [-0.39, 0.29) is 48.3 Å². The Bertz CT molecular complexity index is 956. The monoisotopic (exact) mass is 631 g/mol. The van der Waals surface area contributed by atoms with Gasteiger partial charge in [-0.15, -0.1) is 18.2 Å². The van der Waals surface area contributed by atoms with E-state index < -0.39 is 23.0 Å². The maximum absolute atomic E-state index is 13.5. The Morgan fingerprint density at radius 2 is 1.59 bits per heavy atom. The van der Waals surface area contributed by atoms with Crippen molar-refractivity contribution in [3.8, 4) is 11.3 Å². The number of halogens is 4. The van der Waals surface area contributed by atoms with Gasteiger partial charge in [0.05, 0.1) is 0 Å². The number of rotatable bonds is 2. The van der Waals surface area contributed by atoms with Crippen LogP contribution in [-0.4, -0.2) is 15.9 Å². The molecule has 0 bridgehead atoms. The first-order valence-electron chi connectivity index (χ1n) is 9.60. The number of aliphatic hydroxyl groups is 1. The zero-order valence-corrected chi connectivity index (χ0v) is 21.5. The first kappa shape index (κ1) is 29.9. The van der Waals surface area contributed by atoms with E-state index in [4.69, 9.17) is 0 Å². The summed E-state index contributed by atoms with van der Waals surface area (Å²) in [6.45, 7) is 12.9.